The molecule has 0 spiro atoms. The van der Waals surface area contributed by atoms with Gasteiger partial charge in [0, 0.05) is 5.54 Å². The highest BCUT2D eigenvalue weighted by molar-refractivity contribution is 5.76. The van der Waals surface area contributed by atoms with Crippen molar-refractivity contribution in [2.45, 2.75) is 45.7 Å². The molecule has 1 atom stereocenters. The maximum atomic E-state index is 12.9. The predicted octanol–water partition coefficient (Wildman–Crippen LogP) is 2.69. The molecule has 0 radical (unpaired) electrons. The minimum atomic E-state index is -0.426. The summed E-state index contributed by atoms with van der Waals surface area (Å²) >= 11 is 0. The number of halogens is 1. The standard InChI is InChI=1S/C15H22FNO2/c1-5-19-14(18)13(17-15(2,3)4)10-11-6-8-12(16)9-7-11/h6-9,13,17H,5,10H2,1-4H3/t13-/m0/s1. The average molecular weight is 267 g/mol. The van der Waals surface area contributed by atoms with Gasteiger partial charge in [0.1, 0.15) is 11.9 Å². The molecular weight excluding hydrogens is 245 g/mol. The Bertz CT molecular complexity index is 409. The third kappa shape index (κ3) is 5.83. The first-order valence-electron chi connectivity index (χ1n) is 6.50. The van der Waals surface area contributed by atoms with E-state index >= 15 is 0 Å². The lowest BCUT2D eigenvalue weighted by Gasteiger charge is -2.27. The van der Waals surface area contributed by atoms with Crippen molar-refractivity contribution in [2.24, 2.45) is 0 Å². The highest BCUT2D eigenvalue weighted by Gasteiger charge is 2.25. The van der Waals surface area contributed by atoms with Gasteiger partial charge >= 0.3 is 5.97 Å². The van der Waals surface area contributed by atoms with E-state index in [0.29, 0.717) is 13.0 Å². The van der Waals surface area contributed by atoms with E-state index in [-0.39, 0.29) is 17.3 Å². The zero-order valence-corrected chi connectivity index (χ0v) is 12.0. The van der Waals surface area contributed by atoms with Crippen molar-refractivity contribution >= 4 is 5.97 Å². The third-order valence-electron chi connectivity index (χ3n) is 2.53. The number of hydrogen-bond acceptors (Lipinski definition) is 3. The van der Waals surface area contributed by atoms with Crippen LogP contribution in [0.25, 0.3) is 0 Å². The Hall–Kier alpha value is -1.42. The Morgan fingerprint density at radius 2 is 1.89 bits per heavy atom. The molecule has 0 unspecified atom stereocenters. The van der Waals surface area contributed by atoms with Crippen molar-refractivity contribution in [1.29, 1.82) is 0 Å². The van der Waals surface area contributed by atoms with Gasteiger partial charge in [-0.1, -0.05) is 12.1 Å². The van der Waals surface area contributed by atoms with Crippen LogP contribution in [0.15, 0.2) is 24.3 Å². The van der Waals surface area contributed by atoms with Crippen molar-refractivity contribution in [1.82, 2.24) is 5.32 Å². The normalized spacial score (nSPS) is 13.1. The quantitative estimate of drug-likeness (QED) is 0.834. The monoisotopic (exact) mass is 267 g/mol. The molecule has 4 heteroatoms. The molecule has 0 aliphatic carbocycles. The number of hydrogen-bond donors (Lipinski definition) is 1. The van der Waals surface area contributed by atoms with Crippen LogP contribution in [0.4, 0.5) is 4.39 Å². The number of carbonyl (C=O) groups excluding carboxylic acids is 1. The molecule has 0 fully saturated rings. The zero-order chi connectivity index (χ0) is 14.5. The molecule has 0 aromatic heterocycles. The molecule has 0 heterocycles. The van der Waals surface area contributed by atoms with Crippen LogP contribution in [0.5, 0.6) is 0 Å². The van der Waals surface area contributed by atoms with Crippen LogP contribution in [-0.2, 0) is 16.0 Å². The van der Waals surface area contributed by atoms with Crippen LogP contribution in [0.2, 0.25) is 0 Å². The summed E-state index contributed by atoms with van der Waals surface area (Å²) in [7, 11) is 0. The summed E-state index contributed by atoms with van der Waals surface area (Å²) in [5.74, 6) is -0.554. The second-order valence-corrected chi connectivity index (χ2v) is 5.53. The maximum Gasteiger partial charge on any atom is 0.323 e. The lowest BCUT2D eigenvalue weighted by Crippen LogP contribution is -2.49. The molecule has 0 amide bonds. The summed E-state index contributed by atoms with van der Waals surface area (Å²) in [5.41, 5.74) is 0.702. The van der Waals surface area contributed by atoms with Crippen molar-refractivity contribution in [3.8, 4) is 0 Å². The summed E-state index contributed by atoms with van der Waals surface area (Å²) in [6.07, 6.45) is 0.483. The molecule has 1 aromatic rings. The molecule has 1 aromatic carbocycles. The van der Waals surface area contributed by atoms with Crippen LogP contribution in [0.3, 0.4) is 0 Å². The molecule has 0 aliphatic heterocycles. The lowest BCUT2D eigenvalue weighted by molar-refractivity contribution is -0.146. The summed E-state index contributed by atoms with van der Waals surface area (Å²) in [6.45, 7) is 8.10. The van der Waals surface area contributed by atoms with Gasteiger partial charge < -0.3 is 4.74 Å². The first-order valence-corrected chi connectivity index (χ1v) is 6.50. The van der Waals surface area contributed by atoms with E-state index in [1.807, 2.05) is 20.8 Å². The van der Waals surface area contributed by atoms with Gasteiger partial charge in [0.2, 0.25) is 0 Å². The van der Waals surface area contributed by atoms with Crippen LogP contribution in [-0.4, -0.2) is 24.2 Å². The molecular formula is C15H22FNO2. The number of esters is 1. The molecule has 0 bridgehead atoms. The fourth-order valence-corrected chi connectivity index (χ4v) is 1.82. The lowest BCUT2D eigenvalue weighted by atomic mass is 10.0. The van der Waals surface area contributed by atoms with Crippen LogP contribution >= 0.6 is 0 Å². The van der Waals surface area contributed by atoms with E-state index in [1.54, 1.807) is 19.1 Å². The van der Waals surface area contributed by atoms with E-state index in [2.05, 4.69) is 5.32 Å². The van der Waals surface area contributed by atoms with Crippen molar-refractivity contribution in [2.75, 3.05) is 6.61 Å². The summed E-state index contributed by atoms with van der Waals surface area (Å²) < 4.78 is 17.9. The topological polar surface area (TPSA) is 38.3 Å². The molecule has 1 rings (SSSR count). The number of ether oxygens (including phenoxy) is 1. The fraction of sp³-hybridized carbons (Fsp3) is 0.533. The zero-order valence-electron chi connectivity index (χ0n) is 12.0. The number of rotatable bonds is 5. The molecule has 106 valence electrons. The Labute approximate surface area is 114 Å². The molecule has 3 nitrogen and oxygen atoms in total. The number of carbonyl (C=O) groups is 1. The molecule has 19 heavy (non-hydrogen) atoms. The first-order chi connectivity index (χ1) is 8.81. The smallest absolute Gasteiger partial charge is 0.323 e. The van der Waals surface area contributed by atoms with Crippen LogP contribution in [0.1, 0.15) is 33.3 Å². The highest BCUT2D eigenvalue weighted by atomic mass is 19.1. The van der Waals surface area contributed by atoms with Crippen molar-refractivity contribution < 1.29 is 13.9 Å². The molecule has 0 saturated heterocycles. The first kappa shape index (κ1) is 15.6. The number of benzene rings is 1. The van der Waals surface area contributed by atoms with E-state index in [4.69, 9.17) is 4.74 Å². The van der Waals surface area contributed by atoms with E-state index in [9.17, 15) is 9.18 Å². The third-order valence-corrected chi connectivity index (χ3v) is 2.53. The van der Waals surface area contributed by atoms with Gasteiger partial charge in [-0.3, -0.25) is 10.1 Å². The average Bonchev–Trinajstić information content (AvgIpc) is 2.30. The summed E-state index contributed by atoms with van der Waals surface area (Å²) in [5, 5.41) is 3.24. The van der Waals surface area contributed by atoms with E-state index < -0.39 is 6.04 Å². The van der Waals surface area contributed by atoms with E-state index in [1.165, 1.54) is 12.1 Å². The largest absolute Gasteiger partial charge is 0.465 e. The maximum absolute atomic E-state index is 12.9. The molecule has 1 N–H and O–H groups in total. The summed E-state index contributed by atoms with van der Waals surface area (Å²) in [4.78, 5) is 11.9. The van der Waals surface area contributed by atoms with E-state index in [0.717, 1.165) is 5.56 Å². The minimum absolute atomic E-state index is 0.197. The fourth-order valence-electron chi connectivity index (χ4n) is 1.82. The van der Waals surface area contributed by atoms with Gasteiger partial charge in [-0.15, -0.1) is 0 Å². The second kappa shape index (κ2) is 6.66. The molecule has 0 saturated carbocycles. The van der Waals surface area contributed by atoms with Crippen LogP contribution in [0, 0.1) is 5.82 Å². The number of nitrogens with one attached hydrogen (secondary N) is 1. The Kier molecular flexibility index (Phi) is 5.48. The van der Waals surface area contributed by atoms with Gasteiger partial charge in [-0.05, 0) is 51.8 Å². The van der Waals surface area contributed by atoms with Gasteiger partial charge in [0.25, 0.3) is 0 Å². The van der Waals surface area contributed by atoms with Gasteiger partial charge in [-0.2, -0.15) is 0 Å². The predicted molar refractivity (Wildman–Crippen MR) is 73.4 cm³/mol. The molecule has 0 aliphatic rings. The van der Waals surface area contributed by atoms with Gasteiger partial charge in [-0.25, -0.2) is 4.39 Å². The van der Waals surface area contributed by atoms with Crippen LogP contribution < -0.4 is 5.32 Å². The van der Waals surface area contributed by atoms with Crippen molar-refractivity contribution in [3.63, 3.8) is 0 Å². The summed E-state index contributed by atoms with van der Waals surface area (Å²) in [6, 6.07) is 5.74. The minimum Gasteiger partial charge on any atom is -0.465 e. The Balaban J connectivity index is 2.78. The Morgan fingerprint density at radius 3 is 2.37 bits per heavy atom. The second-order valence-electron chi connectivity index (χ2n) is 5.53. The van der Waals surface area contributed by atoms with Gasteiger partial charge in [0.15, 0.2) is 0 Å². The Morgan fingerprint density at radius 1 is 1.32 bits per heavy atom. The SMILES string of the molecule is CCOC(=O)[C@H](Cc1ccc(F)cc1)NC(C)(C)C. The van der Waals surface area contributed by atoms with Crippen molar-refractivity contribution in [3.05, 3.63) is 35.6 Å². The highest BCUT2D eigenvalue weighted by Crippen LogP contribution is 2.10. The van der Waals surface area contributed by atoms with Gasteiger partial charge in [0.05, 0.1) is 6.61 Å².